The van der Waals surface area contributed by atoms with Crippen molar-refractivity contribution in [3.8, 4) is 5.75 Å². The van der Waals surface area contributed by atoms with Crippen LogP contribution in [0.4, 0.5) is 20.1 Å². The van der Waals surface area contributed by atoms with E-state index in [1.54, 1.807) is 71.9 Å². The predicted octanol–water partition coefficient (Wildman–Crippen LogP) is 7.83. The number of hydrogen-bond donors (Lipinski definition) is 12. The Morgan fingerprint density at radius 1 is 0.443 bits per heavy atom. The third-order valence-electron chi connectivity index (χ3n) is 21.9. The van der Waals surface area contributed by atoms with E-state index in [2.05, 4.69) is 58.5 Å². The quantitative estimate of drug-likeness (QED) is 0.0145. The van der Waals surface area contributed by atoms with E-state index in [0.29, 0.717) is 56.5 Å². The molecule has 0 bridgehead atoms. The van der Waals surface area contributed by atoms with Crippen LogP contribution >= 0.6 is 0 Å². The van der Waals surface area contributed by atoms with Crippen LogP contribution in [-0.2, 0) is 102 Å². The molecular weight excluding hydrogens is 1820 g/mol. The van der Waals surface area contributed by atoms with Gasteiger partial charge in [-0.2, -0.15) is 0 Å². The second-order valence-corrected chi connectivity index (χ2v) is 41.8. The van der Waals surface area contributed by atoms with Crippen molar-refractivity contribution in [2.45, 2.75) is 317 Å². The third-order valence-corrected chi connectivity index (χ3v) is 21.9. The van der Waals surface area contributed by atoms with Crippen molar-refractivity contribution in [2.75, 3.05) is 118 Å². The van der Waals surface area contributed by atoms with Gasteiger partial charge in [-0.15, -0.1) is 0 Å². The van der Waals surface area contributed by atoms with Gasteiger partial charge in [0.05, 0.1) is 62.0 Å². The molecule has 41 nitrogen and oxygen atoms in total. The Bertz CT molecular complexity index is 4530. The number of amides is 16. The maximum atomic E-state index is 14.7. The fourth-order valence-electron chi connectivity index (χ4n) is 13.7. The molecule has 1 aromatic heterocycles. The maximum absolute atomic E-state index is 14.7. The Balaban J connectivity index is 1.59. The minimum Gasteiger partial charge on any atom is -0.445 e. The van der Waals surface area contributed by atoms with Gasteiger partial charge in [-0.25, -0.2) is 19.2 Å². The Labute approximate surface area is 823 Å². The number of likely N-dealkylation sites (N-methyl/N-ethyl adjacent to an activating group) is 2. The second-order valence-electron chi connectivity index (χ2n) is 41.8. The lowest BCUT2D eigenvalue weighted by Gasteiger charge is -2.34. The molecule has 41 heteroatoms. The fourth-order valence-corrected chi connectivity index (χ4v) is 13.7. The number of imide groups is 1. The van der Waals surface area contributed by atoms with Gasteiger partial charge in [-0.05, 0) is 225 Å². The first-order chi connectivity index (χ1) is 65.0. The SMILES string of the molecule is CC(C)C(NC(=O)CC[C@H](NC(=O)CCC(C)(C)OCCC(C)(C)NC(=O)CCN1C(=O)C=CC1=O)C(=O)NCCC(=O)NC(COCCC(=O)NC(C)(C)CCOC(C)(C)C)(COCCC(=O)NC(C)(C)CCOC(C)(C)C)COCCC(=O)NC(C)(C)CCOC(C)(C)C)C(=O)N[C@@H](CCCNC(N)=O)C(=O)Nc1ccc(COC(=O)N(C)CCN(C)C(=O)Oc2ccc3ccc(=O)oc3c2)cc1. The summed E-state index contributed by atoms with van der Waals surface area (Å²) in [6.45, 7) is 38.1. The number of hydrogen-bond acceptors (Lipinski definition) is 26. The normalized spacial score (nSPS) is 13.4. The molecule has 0 radical (unpaired) electrons. The van der Waals surface area contributed by atoms with Crippen LogP contribution in [0.2, 0.25) is 0 Å². The monoisotopic (exact) mass is 1970 g/mol. The van der Waals surface area contributed by atoms with Gasteiger partial charge < -0.3 is 121 Å². The summed E-state index contributed by atoms with van der Waals surface area (Å²) in [7, 11) is 2.95. The molecule has 4 rings (SSSR count). The number of nitrogens with one attached hydrogen (secondary N) is 11. The summed E-state index contributed by atoms with van der Waals surface area (Å²) in [4.78, 5) is 218. The van der Waals surface area contributed by atoms with Crippen LogP contribution in [0, 0.1) is 5.92 Å². The Morgan fingerprint density at radius 3 is 1.37 bits per heavy atom. The first-order valence-electron chi connectivity index (χ1n) is 47.8. The van der Waals surface area contributed by atoms with E-state index in [-0.39, 0.29) is 178 Å². The molecule has 0 saturated carbocycles. The van der Waals surface area contributed by atoms with E-state index >= 15 is 0 Å². The lowest BCUT2D eigenvalue weighted by molar-refractivity contribution is -0.137. The number of nitrogens with two attached hydrogens (primary N) is 1. The number of fused-ring (bicyclic) bond motifs is 1. The van der Waals surface area contributed by atoms with Crippen LogP contribution in [0.25, 0.3) is 11.0 Å². The molecule has 0 saturated heterocycles. The number of rotatable bonds is 63. The van der Waals surface area contributed by atoms with Gasteiger partial charge in [0.2, 0.25) is 59.1 Å². The molecule has 1 unspecified atom stereocenters. The molecule has 1 aliphatic rings. The standard InChI is InChI=1S/C99H159N15O26/c1-66(2)84(87(127)105-71(25-24-49-102-88(100)128)86(126)103-69-30-26-67(27-31-69)62-134-89(129)112(22)52-53-113(23)90(130)139-70-32-28-68-29-37-83(124)140-73(68)61-70)106-74(115)34-33-72(104-75(116)38-44-98(20,21)138-60-48-97(18,19)107-77(118)40-51-114-81(122)35-36-82(114)123)85(125)101-50-39-76(117)111-99(63-131-54-41-78(119)108-94(12,13)45-57-135-91(3,4)5,64-132-55-42-79(120)109-95(14,15)46-58-136-92(6,7)8)65-133-56-43-80(121)110-96(16,17)47-59-137-93(9,10)11/h26-32,35-37,61,66,71-72,84H,24-25,33-34,38-60,62-65H2,1-23H3,(H,101,125)(H,103,126)(H,104,116)(H,105,127)(H,106,115)(H,107,118)(H,108,119)(H,109,120)(H,110,121)(H,111,117)(H3,100,102,128)/t71-,72-,84?/m0/s1. The zero-order valence-corrected chi connectivity index (χ0v) is 86.6. The van der Waals surface area contributed by atoms with Crippen LogP contribution in [0.1, 0.15) is 247 Å². The fraction of sp³-hybridized carbons (Fsp3) is 0.677. The van der Waals surface area contributed by atoms with Crippen LogP contribution in [0.3, 0.4) is 0 Å². The van der Waals surface area contributed by atoms with E-state index in [1.165, 1.54) is 48.2 Å². The summed E-state index contributed by atoms with van der Waals surface area (Å²) in [6.07, 6.45) is 0.750. The number of urea groups is 1. The number of primary amides is 1. The van der Waals surface area contributed by atoms with Crippen LogP contribution < -0.4 is 74.6 Å². The highest BCUT2D eigenvalue weighted by molar-refractivity contribution is 6.13. The van der Waals surface area contributed by atoms with Gasteiger partial charge in [0.25, 0.3) is 11.8 Å². The Kier molecular flexibility index (Phi) is 49.3. The van der Waals surface area contributed by atoms with Gasteiger partial charge >= 0.3 is 23.8 Å². The lowest BCUT2D eigenvalue weighted by Crippen LogP contribution is -2.59. The topological polar surface area (TPSA) is 537 Å². The number of carbonyl (C=O) groups is 15. The summed E-state index contributed by atoms with van der Waals surface area (Å²) in [5.74, 6) is -7.36. The number of nitrogens with zero attached hydrogens (tertiary/aromatic N) is 3. The summed E-state index contributed by atoms with van der Waals surface area (Å²) in [6, 6.07) is 8.78. The Hall–Kier alpha value is -11.2. The minimum absolute atomic E-state index is 0.0124. The zero-order chi connectivity index (χ0) is 105. The average Bonchev–Trinajstić information content (AvgIpc) is 1.09. The smallest absolute Gasteiger partial charge is 0.415 e. The van der Waals surface area contributed by atoms with Crippen LogP contribution in [0.15, 0.2) is 76.0 Å². The lowest BCUT2D eigenvalue weighted by atomic mass is 9.99. The van der Waals surface area contributed by atoms with Gasteiger partial charge in [0, 0.05) is 176 Å². The molecule has 0 aliphatic carbocycles. The first kappa shape index (κ1) is 121. The van der Waals surface area contributed by atoms with Gasteiger partial charge in [0.15, 0.2) is 0 Å². The molecule has 3 aromatic rings. The summed E-state index contributed by atoms with van der Waals surface area (Å²) >= 11 is 0. The molecule has 786 valence electrons. The number of carbonyl (C=O) groups excluding carboxylic acids is 15. The zero-order valence-electron chi connectivity index (χ0n) is 86.6. The number of anilines is 1. The summed E-state index contributed by atoms with van der Waals surface area (Å²) < 4.78 is 59.0. The molecule has 0 fully saturated rings. The summed E-state index contributed by atoms with van der Waals surface area (Å²) in [5.41, 5.74) is -0.843. The van der Waals surface area contributed by atoms with E-state index in [1.807, 2.05) is 104 Å². The highest BCUT2D eigenvalue weighted by Gasteiger charge is 2.38. The average molecular weight is 1980 g/mol. The van der Waals surface area contributed by atoms with E-state index in [0.717, 1.165) is 17.1 Å². The van der Waals surface area contributed by atoms with Crippen LogP contribution in [0.5, 0.6) is 5.75 Å². The van der Waals surface area contributed by atoms with E-state index in [9.17, 15) is 76.7 Å². The molecular formula is C99H159N15O26. The maximum Gasteiger partial charge on any atom is 0.415 e. The highest BCUT2D eigenvalue weighted by atomic mass is 16.6. The van der Waals surface area contributed by atoms with Crippen LogP contribution in [-0.4, -0.2) is 285 Å². The van der Waals surface area contributed by atoms with Crippen molar-refractivity contribution in [3.63, 3.8) is 0 Å². The van der Waals surface area contributed by atoms with Gasteiger partial charge in [-0.1, -0.05) is 26.0 Å². The molecule has 140 heavy (non-hydrogen) atoms. The third kappa shape index (κ3) is 51.3. The molecule has 3 atom stereocenters. The minimum atomic E-state index is -1.61. The largest absolute Gasteiger partial charge is 0.445 e. The van der Waals surface area contributed by atoms with Crippen molar-refractivity contribution in [3.05, 3.63) is 82.7 Å². The molecule has 2 aromatic carbocycles. The van der Waals surface area contributed by atoms with E-state index in [4.69, 9.17) is 52.8 Å². The van der Waals surface area contributed by atoms with Crippen molar-refractivity contribution in [1.29, 1.82) is 0 Å². The molecule has 0 spiro atoms. The van der Waals surface area contributed by atoms with Crippen molar-refractivity contribution in [2.24, 2.45) is 11.7 Å². The van der Waals surface area contributed by atoms with Crippen molar-refractivity contribution in [1.82, 2.24) is 67.9 Å². The molecule has 1 aliphatic heterocycles. The van der Waals surface area contributed by atoms with E-state index < -0.39 is 164 Å². The number of ether oxygens (including phenoxy) is 9. The van der Waals surface area contributed by atoms with Gasteiger partial charge in [0.1, 0.15) is 41.6 Å². The highest BCUT2D eigenvalue weighted by Crippen LogP contribution is 2.25. The van der Waals surface area contributed by atoms with Crippen molar-refractivity contribution < 1.29 is 119 Å². The number of benzene rings is 2. The van der Waals surface area contributed by atoms with Crippen molar-refractivity contribution >= 4 is 106 Å². The molecule has 2 heterocycles. The van der Waals surface area contributed by atoms with Gasteiger partial charge in [-0.3, -0.25) is 62.4 Å². The molecule has 13 N–H and O–H groups in total. The summed E-state index contributed by atoms with van der Waals surface area (Å²) in [5, 5.41) is 31.8. The Morgan fingerprint density at radius 2 is 0.893 bits per heavy atom. The molecule has 16 amide bonds. The predicted molar refractivity (Wildman–Crippen MR) is 525 cm³/mol. The second kappa shape index (κ2) is 57.0. The first-order valence-corrected chi connectivity index (χ1v) is 47.8.